The van der Waals surface area contributed by atoms with Gasteiger partial charge in [0.2, 0.25) is 0 Å². The maximum Gasteiger partial charge on any atom is 0.272 e. The molecule has 7 heteroatoms. The molecular weight excluding hydrogens is 499 g/mol. The summed E-state index contributed by atoms with van der Waals surface area (Å²) in [6.45, 7) is 2.68. The first-order chi connectivity index (χ1) is 12.1. The van der Waals surface area contributed by atoms with Gasteiger partial charge in [0, 0.05) is 4.47 Å². The molecule has 0 aliphatic rings. The van der Waals surface area contributed by atoms with Crippen molar-refractivity contribution < 1.29 is 14.3 Å². The van der Waals surface area contributed by atoms with Crippen molar-refractivity contribution >= 4 is 50.6 Å². The number of carbonyl (C=O) groups excluding carboxylic acids is 1. The van der Waals surface area contributed by atoms with Crippen molar-refractivity contribution in [2.75, 3.05) is 13.7 Å². The fourth-order valence-corrected chi connectivity index (χ4v) is 3.28. The second kappa shape index (κ2) is 9.76. The van der Waals surface area contributed by atoms with Crippen molar-refractivity contribution in [1.29, 1.82) is 0 Å². The third kappa shape index (κ3) is 5.43. The zero-order valence-corrected chi connectivity index (χ0v) is 17.6. The number of amides is 1. The summed E-state index contributed by atoms with van der Waals surface area (Å²) in [6.07, 6.45) is 2.49. The molecule has 0 bridgehead atoms. The molecule has 0 aliphatic carbocycles. The molecule has 25 heavy (non-hydrogen) atoms. The summed E-state index contributed by atoms with van der Waals surface area (Å²) >= 11 is 5.54. The number of hydrogen-bond donors (Lipinski definition) is 1. The van der Waals surface area contributed by atoms with E-state index in [-0.39, 0.29) is 5.91 Å². The van der Waals surface area contributed by atoms with Gasteiger partial charge in [-0.15, -0.1) is 0 Å². The Balaban J connectivity index is 2.12. The normalized spacial score (nSPS) is 10.7. The van der Waals surface area contributed by atoms with Crippen LogP contribution in [0.2, 0.25) is 0 Å². The molecule has 2 rings (SSSR count). The second-order valence-electron chi connectivity index (χ2n) is 5.06. The highest BCUT2D eigenvalue weighted by atomic mass is 127. The van der Waals surface area contributed by atoms with Gasteiger partial charge in [-0.05, 0) is 74.8 Å². The first-order valence-electron chi connectivity index (χ1n) is 7.65. The lowest BCUT2D eigenvalue weighted by molar-refractivity contribution is 0.0954. The van der Waals surface area contributed by atoms with Crippen molar-refractivity contribution in [1.82, 2.24) is 5.43 Å². The Hall–Kier alpha value is -1.61. The predicted molar refractivity (Wildman–Crippen MR) is 111 cm³/mol. The Morgan fingerprint density at radius 3 is 2.80 bits per heavy atom. The molecule has 0 atom stereocenters. The van der Waals surface area contributed by atoms with Gasteiger partial charge in [0.25, 0.3) is 5.91 Å². The number of hydrazone groups is 1. The average molecular weight is 517 g/mol. The van der Waals surface area contributed by atoms with Crippen molar-refractivity contribution in [3.8, 4) is 11.5 Å². The molecule has 132 valence electrons. The van der Waals surface area contributed by atoms with E-state index in [0.29, 0.717) is 17.9 Å². The number of ether oxygens (including phenoxy) is 2. The SMILES string of the molecule is CCCOc1c(I)cc(/C=N/NC(=O)c2ccccc2Br)cc1OC. The third-order valence-electron chi connectivity index (χ3n) is 3.20. The smallest absolute Gasteiger partial charge is 0.272 e. The van der Waals surface area contributed by atoms with E-state index in [1.165, 1.54) is 0 Å². The lowest BCUT2D eigenvalue weighted by atomic mass is 10.2. The molecule has 0 saturated carbocycles. The summed E-state index contributed by atoms with van der Waals surface area (Å²) in [5.74, 6) is 1.08. The van der Waals surface area contributed by atoms with Gasteiger partial charge in [-0.3, -0.25) is 4.79 Å². The summed E-state index contributed by atoms with van der Waals surface area (Å²) in [5.41, 5.74) is 3.85. The molecule has 0 spiro atoms. The molecular formula is C18H18BrIN2O3. The maximum absolute atomic E-state index is 12.1. The topological polar surface area (TPSA) is 59.9 Å². The van der Waals surface area contributed by atoms with E-state index in [1.54, 1.807) is 31.5 Å². The molecule has 1 N–H and O–H groups in total. The molecule has 0 heterocycles. The molecule has 2 aromatic carbocycles. The van der Waals surface area contributed by atoms with Gasteiger partial charge in [-0.2, -0.15) is 5.10 Å². The number of nitrogens with one attached hydrogen (secondary N) is 1. The molecule has 0 saturated heterocycles. The zero-order chi connectivity index (χ0) is 18.2. The van der Waals surface area contributed by atoms with Crippen LogP contribution >= 0.6 is 38.5 Å². The van der Waals surface area contributed by atoms with Crippen LogP contribution in [0.4, 0.5) is 0 Å². The number of benzene rings is 2. The molecule has 0 aromatic heterocycles. The number of carbonyl (C=O) groups is 1. The Morgan fingerprint density at radius 1 is 1.36 bits per heavy atom. The first kappa shape index (κ1) is 19.7. The minimum absolute atomic E-state index is 0.284. The number of rotatable bonds is 7. The van der Waals surface area contributed by atoms with E-state index in [4.69, 9.17) is 9.47 Å². The summed E-state index contributed by atoms with van der Waals surface area (Å²) in [4.78, 5) is 12.1. The zero-order valence-electron chi connectivity index (χ0n) is 13.9. The lowest BCUT2D eigenvalue weighted by Crippen LogP contribution is -2.18. The molecule has 2 aromatic rings. The van der Waals surface area contributed by atoms with E-state index < -0.39 is 0 Å². The largest absolute Gasteiger partial charge is 0.493 e. The first-order valence-corrected chi connectivity index (χ1v) is 9.52. The van der Waals surface area contributed by atoms with Gasteiger partial charge in [0.1, 0.15) is 0 Å². The molecule has 0 aliphatic heterocycles. The van der Waals surface area contributed by atoms with Gasteiger partial charge in [0.05, 0.1) is 29.1 Å². The monoisotopic (exact) mass is 516 g/mol. The molecule has 5 nitrogen and oxygen atoms in total. The van der Waals surface area contributed by atoms with Gasteiger partial charge in [-0.1, -0.05) is 19.1 Å². The minimum atomic E-state index is -0.284. The van der Waals surface area contributed by atoms with Gasteiger partial charge >= 0.3 is 0 Å². The van der Waals surface area contributed by atoms with Crippen LogP contribution < -0.4 is 14.9 Å². The summed E-state index contributed by atoms with van der Waals surface area (Å²) < 4.78 is 12.8. The molecule has 0 unspecified atom stereocenters. The number of nitrogens with zero attached hydrogens (tertiary/aromatic N) is 1. The van der Waals surface area contributed by atoms with E-state index in [1.807, 2.05) is 25.1 Å². The van der Waals surface area contributed by atoms with E-state index >= 15 is 0 Å². The van der Waals surface area contributed by atoms with Crippen LogP contribution in [0.1, 0.15) is 29.3 Å². The Morgan fingerprint density at radius 2 is 2.12 bits per heavy atom. The van der Waals surface area contributed by atoms with Crippen LogP contribution in [-0.2, 0) is 0 Å². The van der Waals surface area contributed by atoms with Crippen LogP contribution in [0.15, 0.2) is 46.0 Å². The van der Waals surface area contributed by atoms with Crippen LogP contribution in [0.3, 0.4) is 0 Å². The van der Waals surface area contributed by atoms with Crippen LogP contribution in [0.25, 0.3) is 0 Å². The summed E-state index contributed by atoms with van der Waals surface area (Å²) in [7, 11) is 1.60. The Bertz CT molecular complexity index is 781. The molecule has 1 amide bonds. The molecule has 0 radical (unpaired) electrons. The van der Waals surface area contributed by atoms with Gasteiger partial charge < -0.3 is 9.47 Å². The van der Waals surface area contributed by atoms with Crippen molar-refractivity contribution in [2.24, 2.45) is 5.10 Å². The highest BCUT2D eigenvalue weighted by Crippen LogP contribution is 2.33. The van der Waals surface area contributed by atoms with Crippen LogP contribution in [0, 0.1) is 3.57 Å². The summed E-state index contributed by atoms with van der Waals surface area (Å²) in [5, 5.41) is 4.02. The lowest BCUT2D eigenvalue weighted by Gasteiger charge is -2.12. The van der Waals surface area contributed by atoms with Gasteiger partial charge in [0.15, 0.2) is 11.5 Å². The highest BCUT2D eigenvalue weighted by molar-refractivity contribution is 14.1. The third-order valence-corrected chi connectivity index (χ3v) is 4.69. The van der Waals surface area contributed by atoms with Crippen molar-refractivity contribution in [2.45, 2.75) is 13.3 Å². The molecule has 0 fully saturated rings. The second-order valence-corrected chi connectivity index (χ2v) is 7.08. The van der Waals surface area contributed by atoms with Crippen LogP contribution in [0.5, 0.6) is 11.5 Å². The predicted octanol–water partition coefficient (Wildman–Crippen LogP) is 4.62. The summed E-state index contributed by atoms with van der Waals surface area (Å²) in [6, 6.07) is 10.9. The quantitative estimate of drug-likeness (QED) is 0.332. The highest BCUT2D eigenvalue weighted by Gasteiger charge is 2.11. The van der Waals surface area contributed by atoms with E-state index in [0.717, 1.165) is 25.8 Å². The fraction of sp³-hybridized carbons (Fsp3) is 0.222. The standard InChI is InChI=1S/C18H18BrIN2O3/c1-3-8-25-17-15(20)9-12(10-16(17)24-2)11-21-22-18(23)13-6-4-5-7-14(13)19/h4-7,9-11H,3,8H2,1-2H3,(H,22,23)/b21-11+. The average Bonchev–Trinajstić information content (AvgIpc) is 2.60. The Kier molecular flexibility index (Phi) is 7.70. The number of halogens is 2. The fourth-order valence-electron chi connectivity index (χ4n) is 2.03. The number of hydrogen-bond acceptors (Lipinski definition) is 4. The van der Waals surface area contributed by atoms with E-state index in [9.17, 15) is 4.79 Å². The number of methoxy groups -OCH3 is 1. The Labute approximate surface area is 169 Å². The van der Waals surface area contributed by atoms with Gasteiger partial charge in [-0.25, -0.2) is 5.43 Å². The van der Waals surface area contributed by atoms with Crippen molar-refractivity contribution in [3.63, 3.8) is 0 Å². The minimum Gasteiger partial charge on any atom is -0.493 e. The van der Waals surface area contributed by atoms with E-state index in [2.05, 4.69) is 49.0 Å². The van der Waals surface area contributed by atoms with Crippen LogP contribution in [-0.4, -0.2) is 25.8 Å². The van der Waals surface area contributed by atoms with Crippen molar-refractivity contribution in [3.05, 3.63) is 55.6 Å². The maximum atomic E-state index is 12.1.